The molecule has 0 saturated carbocycles. The molecule has 3 aromatic rings. The number of aromatic nitrogens is 3. The number of nitrogens with one attached hydrogen (secondary N) is 3. The third kappa shape index (κ3) is 5.67. The summed E-state index contributed by atoms with van der Waals surface area (Å²) in [5.74, 6) is -0.365. The molecule has 0 fully saturated rings. The third-order valence-electron chi connectivity index (χ3n) is 5.66. The van der Waals surface area contributed by atoms with Crippen LogP contribution in [0.5, 0.6) is 0 Å². The second-order valence-corrected chi connectivity index (χ2v) is 9.45. The molecule has 0 aliphatic carbocycles. The van der Waals surface area contributed by atoms with Gasteiger partial charge in [0.05, 0.1) is 10.9 Å². The minimum Gasteiger partial charge on any atom is -0.352 e. The van der Waals surface area contributed by atoms with Gasteiger partial charge in [0.15, 0.2) is 5.65 Å². The Morgan fingerprint density at radius 2 is 1.80 bits per heavy atom. The molecule has 0 atom stereocenters. The van der Waals surface area contributed by atoms with Crippen molar-refractivity contribution in [1.29, 1.82) is 0 Å². The normalized spacial score (nSPS) is 11.3. The quantitative estimate of drug-likeness (QED) is 0.455. The number of amides is 2. The van der Waals surface area contributed by atoms with Crippen LogP contribution in [0, 0.1) is 12.8 Å². The van der Waals surface area contributed by atoms with Crippen molar-refractivity contribution in [2.45, 2.75) is 60.4 Å². The lowest BCUT2D eigenvalue weighted by atomic mass is 10.0. The minimum absolute atomic E-state index is 0.0270. The van der Waals surface area contributed by atoms with Gasteiger partial charge in [0.25, 0.3) is 17.4 Å². The number of nitrogens with zero attached hydrogens (tertiary/aromatic N) is 2. The molecule has 0 bridgehead atoms. The van der Waals surface area contributed by atoms with E-state index in [4.69, 9.17) is 0 Å². The first-order valence-electron chi connectivity index (χ1n) is 11.9. The van der Waals surface area contributed by atoms with Crippen molar-refractivity contribution in [1.82, 2.24) is 19.9 Å². The first kappa shape index (κ1) is 25.9. The van der Waals surface area contributed by atoms with E-state index >= 15 is 0 Å². The number of hydrogen-bond acceptors (Lipinski definition) is 5. The molecule has 0 aliphatic heterocycles. The van der Waals surface area contributed by atoms with Gasteiger partial charge >= 0.3 is 5.69 Å². The molecule has 0 radical (unpaired) electrons. The fourth-order valence-corrected chi connectivity index (χ4v) is 3.73. The summed E-state index contributed by atoms with van der Waals surface area (Å²) in [5, 5.41) is 5.80. The van der Waals surface area contributed by atoms with Crippen molar-refractivity contribution in [3.8, 4) is 0 Å². The molecule has 0 spiro atoms. The Labute approximate surface area is 204 Å². The van der Waals surface area contributed by atoms with Crippen LogP contribution in [0.25, 0.3) is 11.0 Å². The predicted molar refractivity (Wildman–Crippen MR) is 137 cm³/mol. The summed E-state index contributed by atoms with van der Waals surface area (Å²) in [7, 11) is 0. The smallest absolute Gasteiger partial charge is 0.329 e. The van der Waals surface area contributed by atoms with Crippen molar-refractivity contribution in [2.75, 3.05) is 11.9 Å². The number of pyridine rings is 1. The number of anilines is 1. The van der Waals surface area contributed by atoms with Gasteiger partial charge in [0.1, 0.15) is 0 Å². The number of carbonyl (C=O) groups is 2. The Morgan fingerprint density at radius 3 is 2.40 bits per heavy atom. The van der Waals surface area contributed by atoms with Gasteiger partial charge < -0.3 is 10.6 Å². The largest absolute Gasteiger partial charge is 0.352 e. The molecule has 2 aromatic heterocycles. The Balaban J connectivity index is 2.04. The summed E-state index contributed by atoms with van der Waals surface area (Å²) in [5.41, 5.74) is 1.46. The van der Waals surface area contributed by atoms with Crippen LogP contribution in [0.4, 0.5) is 5.69 Å². The van der Waals surface area contributed by atoms with Gasteiger partial charge in [-0.05, 0) is 55.0 Å². The highest BCUT2D eigenvalue weighted by Crippen LogP contribution is 2.23. The molecule has 0 saturated heterocycles. The maximum Gasteiger partial charge on any atom is 0.329 e. The second-order valence-electron chi connectivity index (χ2n) is 9.45. The average Bonchev–Trinajstić information content (AvgIpc) is 2.80. The summed E-state index contributed by atoms with van der Waals surface area (Å²) in [6.45, 7) is 12.5. The van der Waals surface area contributed by atoms with Crippen LogP contribution < -0.4 is 21.9 Å². The van der Waals surface area contributed by atoms with Crippen LogP contribution >= 0.6 is 0 Å². The molecular weight excluding hydrogens is 446 g/mol. The van der Waals surface area contributed by atoms with E-state index in [9.17, 15) is 19.2 Å². The molecular formula is C26H33N5O4. The van der Waals surface area contributed by atoms with Crippen molar-refractivity contribution in [3.05, 3.63) is 67.5 Å². The fourth-order valence-electron chi connectivity index (χ4n) is 3.73. The lowest BCUT2D eigenvalue weighted by Gasteiger charge is -2.15. The Bertz CT molecular complexity index is 1380. The van der Waals surface area contributed by atoms with E-state index in [1.165, 1.54) is 4.57 Å². The lowest BCUT2D eigenvalue weighted by molar-refractivity contribution is 0.0948. The van der Waals surface area contributed by atoms with Crippen molar-refractivity contribution in [2.24, 2.45) is 5.92 Å². The highest BCUT2D eigenvalue weighted by atomic mass is 16.2. The molecule has 3 rings (SSSR count). The zero-order valence-corrected chi connectivity index (χ0v) is 21.1. The highest BCUT2D eigenvalue weighted by Gasteiger charge is 2.21. The zero-order valence-electron chi connectivity index (χ0n) is 21.1. The number of rotatable bonds is 8. The van der Waals surface area contributed by atoms with Gasteiger partial charge in [-0.3, -0.25) is 23.9 Å². The van der Waals surface area contributed by atoms with Crippen LogP contribution in [0.1, 0.15) is 78.9 Å². The van der Waals surface area contributed by atoms with Crippen LogP contribution in [-0.2, 0) is 6.54 Å². The summed E-state index contributed by atoms with van der Waals surface area (Å²) in [6, 6.07) is 6.62. The molecule has 2 amide bonds. The highest BCUT2D eigenvalue weighted by molar-refractivity contribution is 6.12. The maximum atomic E-state index is 13.4. The first-order chi connectivity index (χ1) is 16.5. The first-order valence-corrected chi connectivity index (χ1v) is 11.9. The van der Waals surface area contributed by atoms with E-state index < -0.39 is 17.2 Å². The molecule has 9 heteroatoms. The monoisotopic (exact) mass is 479 g/mol. The molecule has 1 aromatic carbocycles. The fraction of sp³-hybridized carbons (Fsp3) is 0.423. The van der Waals surface area contributed by atoms with E-state index in [1.54, 1.807) is 31.2 Å². The SMILES string of the molecule is CCCn1c(=O)[nH]c(=O)c2c(C(=O)Nc3ccc(C(=O)NCC(C)C)cc3C)cc(C(C)C)nc21. The van der Waals surface area contributed by atoms with Gasteiger partial charge in [0, 0.05) is 30.0 Å². The third-order valence-corrected chi connectivity index (χ3v) is 5.66. The molecule has 0 unspecified atom stereocenters. The molecule has 2 heterocycles. The second kappa shape index (κ2) is 10.7. The van der Waals surface area contributed by atoms with Gasteiger partial charge in [-0.2, -0.15) is 0 Å². The summed E-state index contributed by atoms with van der Waals surface area (Å²) in [4.78, 5) is 57.9. The number of H-pyrrole nitrogens is 1. The molecule has 0 aliphatic rings. The Morgan fingerprint density at radius 1 is 1.09 bits per heavy atom. The van der Waals surface area contributed by atoms with E-state index in [-0.39, 0.29) is 28.4 Å². The Kier molecular flexibility index (Phi) is 7.89. The van der Waals surface area contributed by atoms with Crippen molar-refractivity contribution in [3.63, 3.8) is 0 Å². The minimum atomic E-state index is -0.654. The Hall–Kier alpha value is -3.75. The summed E-state index contributed by atoms with van der Waals surface area (Å²) in [6.07, 6.45) is 0.659. The molecule has 3 N–H and O–H groups in total. The molecule has 186 valence electrons. The number of aryl methyl sites for hydroxylation is 2. The van der Waals surface area contributed by atoms with E-state index in [2.05, 4.69) is 20.6 Å². The topological polar surface area (TPSA) is 126 Å². The predicted octanol–water partition coefficient (Wildman–Crippen LogP) is 3.56. The average molecular weight is 480 g/mol. The van der Waals surface area contributed by atoms with E-state index in [1.807, 2.05) is 34.6 Å². The van der Waals surface area contributed by atoms with Gasteiger partial charge in [-0.15, -0.1) is 0 Å². The number of benzene rings is 1. The number of hydrogen-bond donors (Lipinski definition) is 3. The van der Waals surface area contributed by atoms with Crippen molar-refractivity contribution < 1.29 is 9.59 Å². The van der Waals surface area contributed by atoms with Crippen molar-refractivity contribution >= 4 is 28.5 Å². The number of fused-ring (bicyclic) bond motifs is 1. The van der Waals surface area contributed by atoms with E-state index in [0.29, 0.717) is 47.9 Å². The summed E-state index contributed by atoms with van der Waals surface area (Å²) < 4.78 is 1.40. The van der Waals surface area contributed by atoms with E-state index in [0.717, 1.165) is 0 Å². The van der Waals surface area contributed by atoms with Gasteiger partial charge in [-0.25, -0.2) is 9.78 Å². The van der Waals surface area contributed by atoms with Crippen LogP contribution in [-0.4, -0.2) is 32.9 Å². The van der Waals surface area contributed by atoms with Crippen LogP contribution in [0.15, 0.2) is 33.9 Å². The van der Waals surface area contributed by atoms with Gasteiger partial charge in [0.2, 0.25) is 0 Å². The zero-order chi connectivity index (χ0) is 25.9. The van der Waals surface area contributed by atoms with Crippen LogP contribution in [0.2, 0.25) is 0 Å². The molecule has 35 heavy (non-hydrogen) atoms. The standard InChI is InChI=1S/C26H33N5O4/c1-7-10-31-22-21(25(34)30-26(31)35)18(12-20(28-22)15(4)5)24(33)29-19-9-8-17(11-16(19)6)23(32)27-13-14(2)3/h8-9,11-12,14-15H,7,10,13H2,1-6H3,(H,27,32)(H,29,33)(H,30,34,35). The van der Waals surface area contributed by atoms with Crippen LogP contribution in [0.3, 0.4) is 0 Å². The maximum absolute atomic E-state index is 13.4. The summed E-state index contributed by atoms with van der Waals surface area (Å²) >= 11 is 0. The molecule has 9 nitrogen and oxygen atoms in total. The van der Waals surface area contributed by atoms with Gasteiger partial charge in [-0.1, -0.05) is 34.6 Å². The number of aromatic amines is 1. The number of carbonyl (C=O) groups excluding carboxylic acids is 2. The lowest BCUT2D eigenvalue weighted by Crippen LogP contribution is -2.32.